The largest absolute Gasteiger partial charge is 0.285 e. The van der Waals surface area contributed by atoms with Crippen LogP contribution in [0.25, 0.3) is 0 Å². The molecule has 1 heterocycles. The third-order valence-corrected chi connectivity index (χ3v) is 3.71. The van der Waals surface area contributed by atoms with Gasteiger partial charge in [-0.1, -0.05) is 37.1 Å². The molecule has 3 rings (SSSR count). The number of fused-ring (bicyclic) bond motifs is 1. The molecule has 0 bridgehead atoms. The van der Waals surface area contributed by atoms with E-state index >= 15 is 0 Å². The van der Waals surface area contributed by atoms with Gasteiger partial charge in [0, 0.05) is 0 Å². The Labute approximate surface area is 118 Å². The molecule has 0 aromatic heterocycles. The molecule has 4 heteroatoms. The first kappa shape index (κ1) is 13.1. The first-order valence-electron chi connectivity index (χ1n) is 7.08. The van der Waals surface area contributed by atoms with Crippen LogP contribution in [0.5, 0.6) is 0 Å². The molecule has 0 N–H and O–H groups in total. The molecular formula is C16H17NO3. The fourth-order valence-electron chi connectivity index (χ4n) is 2.61. The molecule has 0 saturated heterocycles. The summed E-state index contributed by atoms with van der Waals surface area (Å²) >= 11 is 0. The Morgan fingerprint density at radius 1 is 1.00 bits per heavy atom. The zero-order valence-corrected chi connectivity index (χ0v) is 11.2. The third kappa shape index (κ3) is 2.39. The van der Waals surface area contributed by atoms with Gasteiger partial charge in [0.25, 0.3) is 11.8 Å². The summed E-state index contributed by atoms with van der Waals surface area (Å²) in [5, 5.41) is 0.918. The van der Waals surface area contributed by atoms with Crippen molar-refractivity contribution in [1.29, 1.82) is 0 Å². The van der Waals surface area contributed by atoms with Gasteiger partial charge in [-0.05, 0) is 31.4 Å². The zero-order chi connectivity index (χ0) is 13.9. The van der Waals surface area contributed by atoms with Crippen molar-refractivity contribution in [1.82, 2.24) is 5.06 Å². The number of benzene rings is 1. The van der Waals surface area contributed by atoms with Crippen LogP contribution < -0.4 is 0 Å². The van der Waals surface area contributed by atoms with E-state index in [1.54, 1.807) is 24.3 Å². The molecule has 1 atom stereocenters. The van der Waals surface area contributed by atoms with Crippen molar-refractivity contribution in [2.45, 2.75) is 38.2 Å². The average Bonchev–Trinajstić information content (AvgIpc) is 2.67. The molecule has 1 aliphatic heterocycles. The number of hydrogen-bond acceptors (Lipinski definition) is 3. The minimum Gasteiger partial charge on any atom is -0.266 e. The van der Waals surface area contributed by atoms with Crippen molar-refractivity contribution >= 4 is 11.8 Å². The first-order valence-corrected chi connectivity index (χ1v) is 7.08. The normalized spacial score (nSPS) is 24.2. The van der Waals surface area contributed by atoms with E-state index in [2.05, 4.69) is 6.08 Å². The number of allylic oxidation sites excluding steroid dienone is 1. The van der Waals surface area contributed by atoms with Gasteiger partial charge in [-0.15, -0.1) is 5.06 Å². The number of carbonyl (C=O) groups excluding carboxylic acids is 2. The molecule has 1 aromatic carbocycles. The smallest absolute Gasteiger partial charge is 0.266 e. The highest BCUT2D eigenvalue weighted by atomic mass is 16.7. The summed E-state index contributed by atoms with van der Waals surface area (Å²) < 4.78 is 0. The van der Waals surface area contributed by atoms with E-state index in [9.17, 15) is 9.59 Å². The SMILES string of the molecule is O=C1c2ccccc2C(=O)N1OC1/C=C\CCCCC1. The van der Waals surface area contributed by atoms with E-state index in [1.165, 1.54) is 6.42 Å². The van der Waals surface area contributed by atoms with Crippen LogP contribution in [0.15, 0.2) is 36.4 Å². The van der Waals surface area contributed by atoms with Gasteiger partial charge >= 0.3 is 0 Å². The average molecular weight is 271 g/mol. The number of imide groups is 1. The lowest BCUT2D eigenvalue weighted by Gasteiger charge is -2.21. The number of rotatable bonds is 2. The predicted octanol–water partition coefficient (Wildman–Crippen LogP) is 3.10. The van der Waals surface area contributed by atoms with Crippen molar-refractivity contribution in [2.24, 2.45) is 0 Å². The van der Waals surface area contributed by atoms with Crippen molar-refractivity contribution in [2.75, 3.05) is 0 Å². The minimum atomic E-state index is -0.360. The van der Waals surface area contributed by atoms with Crippen molar-refractivity contribution in [3.05, 3.63) is 47.5 Å². The second-order valence-electron chi connectivity index (χ2n) is 5.16. The summed E-state index contributed by atoms with van der Waals surface area (Å²) in [5.74, 6) is -0.720. The molecule has 0 saturated carbocycles. The minimum absolute atomic E-state index is 0.197. The standard InChI is InChI=1S/C16H17NO3/c18-15-13-10-6-7-11-14(13)16(19)17(15)20-12-8-4-2-1-3-5-9-12/h4,6-8,10-12H,1-3,5,9H2/b8-4-. The van der Waals surface area contributed by atoms with Gasteiger partial charge in [0.15, 0.2) is 0 Å². The fraction of sp³-hybridized carbons (Fsp3) is 0.375. The lowest BCUT2D eigenvalue weighted by Crippen LogP contribution is -2.34. The zero-order valence-electron chi connectivity index (χ0n) is 11.2. The topological polar surface area (TPSA) is 46.6 Å². The molecule has 1 unspecified atom stereocenters. The Hall–Kier alpha value is -1.94. The van der Waals surface area contributed by atoms with Gasteiger partial charge in [-0.25, -0.2) is 0 Å². The molecule has 0 radical (unpaired) electrons. The molecule has 1 aliphatic carbocycles. The van der Waals surface area contributed by atoms with Crippen molar-refractivity contribution < 1.29 is 14.4 Å². The van der Waals surface area contributed by atoms with Crippen LogP contribution in [-0.4, -0.2) is 23.0 Å². The van der Waals surface area contributed by atoms with E-state index in [-0.39, 0.29) is 17.9 Å². The quantitative estimate of drug-likeness (QED) is 0.613. The van der Waals surface area contributed by atoms with E-state index in [4.69, 9.17) is 4.84 Å². The Morgan fingerprint density at radius 2 is 1.70 bits per heavy atom. The first-order chi connectivity index (χ1) is 9.77. The van der Waals surface area contributed by atoms with E-state index in [0.717, 1.165) is 30.7 Å². The Morgan fingerprint density at radius 3 is 2.40 bits per heavy atom. The Kier molecular flexibility index (Phi) is 3.65. The third-order valence-electron chi connectivity index (χ3n) is 3.71. The van der Waals surface area contributed by atoms with E-state index in [1.807, 2.05) is 6.08 Å². The molecule has 104 valence electrons. The monoisotopic (exact) mass is 271 g/mol. The van der Waals surface area contributed by atoms with Crippen molar-refractivity contribution in [3.63, 3.8) is 0 Å². The molecule has 0 spiro atoms. The summed E-state index contributed by atoms with van der Waals surface area (Å²) in [6, 6.07) is 6.83. The van der Waals surface area contributed by atoms with Gasteiger partial charge in [0.1, 0.15) is 6.10 Å². The lowest BCUT2D eigenvalue weighted by atomic mass is 10.0. The maximum Gasteiger partial charge on any atom is 0.285 e. The summed E-state index contributed by atoms with van der Waals surface area (Å²) in [4.78, 5) is 30.0. The molecule has 1 aromatic rings. The van der Waals surface area contributed by atoms with Crippen molar-refractivity contribution in [3.8, 4) is 0 Å². The number of hydrogen-bond donors (Lipinski definition) is 0. The van der Waals surface area contributed by atoms with E-state index < -0.39 is 0 Å². The van der Waals surface area contributed by atoms with Crippen LogP contribution in [0.2, 0.25) is 0 Å². The van der Waals surface area contributed by atoms with Gasteiger partial charge in [-0.2, -0.15) is 0 Å². The van der Waals surface area contributed by atoms with Crippen LogP contribution in [0.4, 0.5) is 0 Å². The molecule has 0 fully saturated rings. The lowest BCUT2D eigenvalue weighted by molar-refractivity contribution is -0.119. The summed E-state index contributed by atoms with van der Waals surface area (Å²) in [5.41, 5.74) is 0.847. The van der Waals surface area contributed by atoms with Gasteiger partial charge in [0.2, 0.25) is 0 Å². The van der Waals surface area contributed by atoms with Crippen LogP contribution in [0, 0.1) is 0 Å². The van der Waals surface area contributed by atoms with Gasteiger partial charge in [-0.3, -0.25) is 14.4 Å². The van der Waals surface area contributed by atoms with Gasteiger partial charge in [0.05, 0.1) is 11.1 Å². The fourth-order valence-corrected chi connectivity index (χ4v) is 2.61. The van der Waals surface area contributed by atoms with Crippen LogP contribution in [0.1, 0.15) is 52.8 Å². The highest BCUT2D eigenvalue weighted by molar-refractivity contribution is 6.20. The number of amides is 2. The molecular weight excluding hydrogens is 254 g/mol. The van der Waals surface area contributed by atoms with Crippen LogP contribution in [0.3, 0.4) is 0 Å². The second-order valence-corrected chi connectivity index (χ2v) is 5.16. The maximum absolute atomic E-state index is 12.2. The molecule has 2 aliphatic rings. The Balaban J connectivity index is 1.77. The molecule has 20 heavy (non-hydrogen) atoms. The number of carbonyl (C=O) groups is 2. The number of nitrogens with zero attached hydrogens (tertiary/aromatic N) is 1. The van der Waals surface area contributed by atoms with Gasteiger partial charge < -0.3 is 0 Å². The molecule has 2 amide bonds. The summed E-state index contributed by atoms with van der Waals surface area (Å²) in [6.45, 7) is 0. The maximum atomic E-state index is 12.2. The highest BCUT2D eigenvalue weighted by Crippen LogP contribution is 2.25. The van der Waals surface area contributed by atoms with E-state index in [0.29, 0.717) is 11.1 Å². The summed E-state index contributed by atoms with van der Waals surface area (Å²) in [6.07, 6.45) is 9.11. The highest BCUT2D eigenvalue weighted by Gasteiger charge is 2.37. The summed E-state index contributed by atoms with van der Waals surface area (Å²) in [7, 11) is 0. The van der Waals surface area contributed by atoms with Crippen LogP contribution in [-0.2, 0) is 4.84 Å². The second kappa shape index (κ2) is 5.59. The number of hydroxylamine groups is 2. The molecule has 4 nitrogen and oxygen atoms in total. The van der Waals surface area contributed by atoms with Crippen LogP contribution >= 0.6 is 0 Å². The predicted molar refractivity (Wildman–Crippen MR) is 74.0 cm³/mol. The Bertz CT molecular complexity index is 530.